The van der Waals surface area contributed by atoms with Crippen molar-refractivity contribution in [1.82, 2.24) is 15.2 Å². The van der Waals surface area contributed by atoms with E-state index in [4.69, 9.17) is 0 Å². The molecule has 182 valence electrons. The average molecular weight is 460 g/mol. The smallest absolute Gasteiger partial charge is 0.243 e. The molecule has 34 heavy (non-hydrogen) atoms. The van der Waals surface area contributed by atoms with Crippen LogP contribution in [0.3, 0.4) is 0 Å². The first-order valence-corrected chi connectivity index (χ1v) is 13.4. The standard InChI is InChI=1S/C30H41N3O/c34-29(17-16-26-11-9-20-31-24-26)32-21-8-7-10-25-18-22-33(23-19-25)30(27-12-3-1-4-13-27)28-14-5-2-6-15-28/h1,3-4,9,11-13,16-17,20,24-25,28,30H,2,5-8,10,14-15,18-19,21-23H2,(H,32,34)/b17-16+. The van der Waals surface area contributed by atoms with E-state index in [0.717, 1.165) is 30.4 Å². The number of hydrogen-bond donors (Lipinski definition) is 1. The topological polar surface area (TPSA) is 45.2 Å². The highest BCUT2D eigenvalue weighted by Crippen LogP contribution is 2.40. The van der Waals surface area contributed by atoms with Crippen LogP contribution < -0.4 is 5.32 Å². The molecule has 4 nitrogen and oxygen atoms in total. The van der Waals surface area contributed by atoms with Gasteiger partial charge in [0, 0.05) is 31.1 Å². The van der Waals surface area contributed by atoms with Crippen molar-refractivity contribution in [2.75, 3.05) is 19.6 Å². The molecule has 1 aliphatic heterocycles. The Balaban J connectivity index is 1.16. The maximum Gasteiger partial charge on any atom is 0.243 e. The number of likely N-dealkylation sites (tertiary alicyclic amines) is 1. The van der Waals surface area contributed by atoms with Crippen molar-refractivity contribution in [2.45, 2.75) is 70.3 Å². The summed E-state index contributed by atoms with van der Waals surface area (Å²) in [7, 11) is 0. The molecule has 1 aromatic heterocycles. The molecule has 4 heteroatoms. The molecule has 1 unspecified atom stereocenters. The number of hydrogen-bond acceptors (Lipinski definition) is 3. The summed E-state index contributed by atoms with van der Waals surface area (Å²) in [6.07, 6.45) is 20.1. The van der Waals surface area contributed by atoms with Crippen molar-refractivity contribution in [3.05, 3.63) is 72.1 Å². The molecule has 0 spiro atoms. The number of unbranched alkanes of at least 4 members (excludes halogenated alkanes) is 1. The molecule has 2 aliphatic rings. The van der Waals surface area contributed by atoms with Crippen molar-refractivity contribution in [3.8, 4) is 0 Å². The third-order valence-electron chi connectivity index (χ3n) is 7.73. The highest BCUT2D eigenvalue weighted by Gasteiger charge is 2.32. The average Bonchev–Trinajstić information content (AvgIpc) is 2.90. The first kappa shape index (κ1) is 24.7. The highest BCUT2D eigenvalue weighted by molar-refractivity contribution is 5.91. The second-order valence-electron chi connectivity index (χ2n) is 10.1. The van der Waals surface area contributed by atoms with E-state index in [0.29, 0.717) is 6.04 Å². The number of aromatic nitrogens is 1. The van der Waals surface area contributed by atoms with Crippen LogP contribution in [-0.2, 0) is 4.79 Å². The lowest BCUT2D eigenvalue weighted by Gasteiger charge is -2.43. The summed E-state index contributed by atoms with van der Waals surface area (Å²) in [5.41, 5.74) is 2.48. The predicted molar refractivity (Wildman–Crippen MR) is 140 cm³/mol. The van der Waals surface area contributed by atoms with Gasteiger partial charge in [-0.05, 0) is 80.3 Å². The van der Waals surface area contributed by atoms with Crippen LogP contribution in [0.5, 0.6) is 0 Å². The summed E-state index contributed by atoms with van der Waals surface area (Å²) < 4.78 is 0. The SMILES string of the molecule is O=C(/C=C/c1cccnc1)NCCCCC1CCN(C(c2ccccc2)C2CCCCC2)CC1. The molecule has 1 N–H and O–H groups in total. The number of carbonyl (C=O) groups is 1. The Morgan fingerprint density at radius 2 is 1.79 bits per heavy atom. The predicted octanol–water partition coefficient (Wildman–Crippen LogP) is 6.41. The first-order chi connectivity index (χ1) is 16.8. The monoisotopic (exact) mass is 459 g/mol. The van der Waals surface area contributed by atoms with Gasteiger partial charge in [-0.15, -0.1) is 0 Å². The van der Waals surface area contributed by atoms with E-state index < -0.39 is 0 Å². The quantitative estimate of drug-likeness (QED) is 0.330. The fourth-order valence-corrected chi connectivity index (χ4v) is 5.88. The number of nitrogens with one attached hydrogen (secondary N) is 1. The van der Waals surface area contributed by atoms with Gasteiger partial charge in [0.25, 0.3) is 0 Å². The van der Waals surface area contributed by atoms with E-state index in [-0.39, 0.29) is 5.91 Å². The molecule has 2 aromatic rings. The molecule has 2 heterocycles. The molecule has 1 saturated heterocycles. The Morgan fingerprint density at radius 1 is 1.00 bits per heavy atom. The molecule has 1 amide bonds. The zero-order chi connectivity index (χ0) is 23.4. The fourth-order valence-electron chi connectivity index (χ4n) is 5.88. The molecule has 4 rings (SSSR count). The van der Waals surface area contributed by atoms with E-state index in [9.17, 15) is 4.79 Å². The molecular weight excluding hydrogens is 418 g/mol. The largest absolute Gasteiger partial charge is 0.353 e. The maximum atomic E-state index is 12.0. The second-order valence-corrected chi connectivity index (χ2v) is 10.1. The summed E-state index contributed by atoms with van der Waals surface area (Å²) >= 11 is 0. The van der Waals surface area contributed by atoms with Crippen LogP contribution in [0.15, 0.2) is 60.9 Å². The Bertz CT molecular complexity index is 868. The van der Waals surface area contributed by atoms with Gasteiger partial charge < -0.3 is 5.32 Å². The third kappa shape index (κ3) is 7.53. The molecule has 1 saturated carbocycles. The Labute approximate surface area is 205 Å². The highest BCUT2D eigenvalue weighted by atomic mass is 16.1. The number of piperidine rings is 1. The van der Waals surface area contributed by atoms with Crippen molar-refractivity contribution >= 4 is 12.0 Å². The lowest BCUT2D eigenvalue weighted by atomic mass is 9.79. The minimum atomic E-state index is -0.0215. The number of amides is 1. The van der Waals surface area contributed by atoms with Crippen molar-refractivity contribution in [3.63, 3.8) is 0 Å². The lowest BCUT2D eigenvalue weighted by Crippen LogP contribution is -2.40. The summed E-state index contributed by atoms with van der Waals surface area (Å²) in [6, 6.07) is 15.7. The minimum absolute atomic E-state index is 0.0215. The van der Waals surface area contributed by atoms with E-state index in [1.165, 1.54) is 76.4 Å². The van der Waals surface area contributed by atoms with Gasteiger partial charge in [0.1, 0.15) is 0 Å². The maximum absolute atomic E-state index is 12.0. The van der Waals surface area contributed by atoms with Crippen LogP contribution in [0.25, 0.3) is 6.08 Å². The lowest BCUT2D eigenvalue weighted by molar-refractivity contribution is -0.116. The van der Waals surface area contributed by atoms with E-state index in [1.807, 2.05) is 18.2 Å². The first-order valence-electron chi connectivity index (χ1n) is 13.4. The number of benzene rings is 1. The molecule has 1 aromatic carbocycles. The third-order valence-corrected chi connectivity index (χ3v) is 7.73. The molecular formula is C30H41N3O. The van der Waals surface area contributed by atoms with Crippen LogP contribution >= 0.6 is 0 Å². The number of nitrogens with zero attached hydrogens (tertiary/aromatic N) is 2. The van der Waals surface area contributed by atoms with Crippen LogP contribution in [0.1, 0.15) is 81.4 Å². The van der Waals surface area contributed by atoms with Crippen LogP contribution in [-0.4, -0.2) is 35.4 Å². The van der Waals surface area contributed by atoms with Gasteiger partial charge in [-0.2, -0.15) is 0 Å². The Hall–Kier alpha value is -2.46. The minimum Gasteiger partial charge on any atom is -0.353 e. The van der Waals surface area contributed by atoms with Crippen LogP contribution in [0.2, 0.25) is 0 Å². The Morgan fingerprint density at radius 3 is 2.53 bits per heavy atom. The van der Waals surface area contributed by atoms with Crippen LogP contribution in [0.4, 0.5) is 0 Å². The van der Waals surface area contributed by atoms with Gasteiger partial charge in [-0.25, -0.2) is 0 Å². The zero-order valence-electron chi connectivity index (χ0n) is 20.6. The number of rotatable bonds is 10. The van der Waals surface area contributed by atoms with Gasteiger partial charge >= 0.3 is 0 Å². The van der Waals surface area contributed by atoms with E-state index in [1.54, 1.807) is 18.5 Å². The van der Waals surface area contributed by atoms with Gasteiger partial charge in [-0.1, -0.05) is 68.5 Å². The van der Waals surface area contributed by atoms with Gasteiger partial charge in [-0.3, -0.25) is 14.7 Å². The van der Waals surface area contributed by atoms with Crippen molar-refractivity contribution in [2.24, 2.45) is 11.8 Å². The number of carbonyl (C=O) groups excluding carboxylic acids is 1. The molecule has 0 bridgehead atoms. The molecule has 1 aliphatic carbocycles. The fraction of sp³-hybridized carbons (Fsp3) is 0.533. The second kappa shape index (κ2) is 13.4. The summed E-state index contributed by atoms with van der Waals surface area (Å²) in [6.45, 7) is 3.22. The Kier molecular flexibility index (Phi) is 9.74. The summed E-state index contributed by atoms with van der Waals surface area (Å²) in [5, 5.41) is 3.01. The zero-order valence-corrected chi connectivity index (χ0v) is 20.6. The molecule has 2 fully saturated rings. The van der Waals surface area contributed by atoms with Crippen LogP contribution in [0, 0.1) is 11.8 Å². The number of pyridine rings is 1. The van der Waals surface area contributed by atoms with Crippen molar-refractivity contribution < 1.29 is 4.79 Å². The van der Waals surface area contributed by atoms with Gasteiger partial charge in [0.15, 0.2) is 0 Å². The van der Waals surface area contributed by atoms with E-state index in [2.05, 4.69) is 45.5 Å². The summed E-state index contributed by atoms with van der Waals surface area (Å²) in [4.78, 5) is 18.9. The summed E-state index contributed by atoms with van der Waals surface area (Å²) in [5.74, 6) is 1.63. The van der Waals surface area contributed by atoms with Gasteiger partial charge in [0.05, 0.1) is 0 Å². The van der Waals surface area contributed by atoms with Crippen molar-refractivity contribution in [1.29, 1.82) is 0 Å². The molecule has 0 radical (unpaired) electrons. The normalized spacial score (nSPS) is 19.3. The molecule has 1 atom stereocenters. The van der Waals surface area contributed by atoms with Gasteiger partial charge in [0.2, 0.25) is 5.91 Å². The van der Waals surface area contributed by atoms with E-state index >= 15 is 0 Å².